The second kappa shape index (κ2) is 5.74. The Hall–Kier alpha value is -0.910. The van der Waals surface area contributed by atoms with Crippen LogP contribution in [0.2, 0.25) is 0 Å². The first-order valence-electron chi connectivity index (χ1n) is 4.31. The number of amides is 1. The SMILES string of the molecule is CC(=O)CCS(=O)(=O)CCCC(N)=O. The molecule has 0 aromatic carbocycles. The Morgan fingerprint density at radius 2 is 1.71 bits per heavy atom. The molecule has 0 aromatic heterocycles. The second-order valence-corrected chi connectivity index (χ2v) is 5.48. The summed E-state index contributed by atoms with van der Waals surface area (Å²) in [5.74, 6) is -0.875. The third-order valence-corrected chi connectivity index (χ3v) is 3.38. The number of carbonyl (C=O) groups excluding carboxylic acids is 2. The van der Waals surface area contributed by atoms with Crippen molar-refractivity contribution in [2.75, 3.05) is 11.5 Å². The molecule has 0 aliphatic carbocycles. The molecule has 14 heavy (non-hydrogen) atoms. The van der Waals surface area contributed by atoms with Gasteiger partial charge in [-0.3, -0.25) is 9.59 Å². The topological polar surface area (TPSA) is 94.3 Å². The smallest absolute Gasteiger partial charge is 0.217 e. The lowest BCUT2D eigenvalue weighted by molar-refractivity contribution is -0.118. The van der Waals surface area contributed by atoms with Gasteiger partial charge in [0.2, 0.25) is 5.91 Å². The summed E-state index contributed by atoms with van der Waals surface area (Å²) in [6, 6.07) is 0. The molecule has 0 radical (unpaired) electrons. The molecule has 0 saturated carbocycles. The summed E-state index contributed by atoms with van der Waals surface area (Å²) >= 11 is 0. The Balaban J connectivity index is 3.84. The fraction of sp³-hybridized carbons (Fsp3) is 0.750. The Bertz CT molecular complexity index is 307. The Morgan fingerprint density at radius 3 is 2.14 bits per heavy atom. The van der Waals surface area contributed by atoms with Crippen molar-refractivity contribution >= 4 is 21.5 Å². The third kappa shape index (κ3) is 7.72. The average Bonchev–Trinajstić information content (AvgIpc) is 2.00. The first-order chi connectivity index (χ1) is 6.33. The van der Waals surface area contributed by atoms with Crippen molar-refractivity contribution in [1.82, 2.24) is 0 Å². The highest BCUT2D eigenvalue weighted by atomic mass is 32.2. The van der Waals surface area contributed by atoms with Crippen LogP contribution in [-0.4, -0.2) is 31.6 Å². The lowest BCUT2D eigenvalue weighted by atomic mass is 10.3. The van der Waals surface area contributed by atoms with Gasteiger partial charge in [-0.15, -0.1) is 0 Å². The summed E-state index contributed by atoms with van der Waals surface area (Å²) in [6.45, 7) is 1.35. The van der Waals surface area contributed by atoms with Gasteiger partial charge in [0.1, 0.15) is 5.78 Å². The van der Waals surface area contributed by atoms with Crippen LogP contribution in [0.4, 0.5) is 0 Å². The van der Waals surface area contributed by atoms with Crippen LogP contribution >= 0.6 is 0 Å². The summed E-state index contributed by atoms with van der Waals surface area (Å²) in [5, 5.41) is 0. The van der Waals surface area contributed by atoms with Crippen molar-refractivity contribution in [1.29, 1.82) is 0 Å². The zero-order valence-corrected chi connectivity index (χ0v) is 8.97. The molecule has 82 valence electrons. The van der Waals surface area contributed by atoms with Gasteiger partial charge >= 0.3 is 0 Å². The number of carbonyl (C=O) groups is 2. The number of hydrogen-bond donors (Lipinski definition) is 1. The van der Waals surface area contributed by atoms with Crippen LogP contribution in [0.5, 0.6) is 0 Å². The van der Waals surface area contributed by atoms with E-state index in [9.17, 15) is 18.0 Å². The zero-order chi connectivity index (χ0) is 11.2. The molecule has 0 aliphatic rings. The van der Waals surface area contributed by atoms with Crippen molar-refractivity contribution in [3.63, 3.8) is 0 Å². The standard InChI is InChI=1S/C8H15NO4S/c1-7(10)4-6-14(12,13)5-2-3-8(9)11/h2-6H2,1H3,(H2,9,11). The molecule has 0 heterocycles. The van der Waals surface area contributed by atoms with Crippen LogP contribution in [0.15, 0.2) is 0 Å². The predicted octanol–water partition coefficient (Wildman–Crippen LogP) is -0.354. The van der Waals surface area contributed by atoms with Crippen molar-refractivity contribution in [2.45, 2.75) is 26.2 Å². The Morgan fingerprint density at radius 1 is 1.14 bits per heavy atom. The van der Waals surface area contributed by atoms with E-state index in [0.29, 0.717) is 0 Å². The van der Waals surface area contributed by atoms with Gasteiger partial charge in [-0.25, -0.2) is 8.42 Å². The molecule has 2 N–H and O–H groups in total. The van der Waals surface area contributed by atoms with Crippen LogP contribution in [0.25, 0.3) is 0 Å². The van der Waals surface area contributed by atoms with Crippen molar-refractivity contribution in [3.05, 3.63) is 0 Å². The minimum Gasteiger partial charge on any atom is -0.370 e. The lowest BCUT2D eigenvalue weighted by Gasteiger charge is -2.01. The first kappa shape index (κ1) is 13.1. The number of sulfone groups is 1. The highest BCUT2D eigenvalue weighted by molar-refractivity contribution is 7.91. The molecule has 0 aromatic rings. The van der Waals surface area contributed by atoms with E-state index in [-0.39, 0.29) is 36.6 Å². The van der Waals surface area contributed by atoms with E-state index in [1.807, 2.05) is 0 Å². The van der Waals surface area contributed by atoms with Gasteiger partial charge in [0.15, 0.2) is 9.84 Å². The van der Waals surface area contributed by atoms with Crippen molar-refractivity contribution < 1.29 is 18.0 Å². The van der Waals surface area contributed by atoms with Crippen molar-refractivity contribution in [2.24, 2.45) is 5.73 Å². The summed E-state index contributed by atoms with van der Waals surface area (Å²) in [6.07, 6.45) is 0.341. The van der Waals surface area contributed by atoms with Gasteiger partial charge in [-0.2, -0.15) is 0 Å². The molecule has 5 nitrogen and oxygen atoms in total. The van der Waals surface area contributed by atoms with Crippen LogP contribution in [0, 0.1) is 0 Å². The number of ketones is 1. The largest absolute Gasteiger partial charge is 0.370 e. The van der Waals surface area contributed by atoms with E-state index in [2.05, 4.69) is 0 Å². The molecule has 1 amide bonds. The minimum atomic E-state index is -3.20. The van der Waals surface area contributed by atoms with Gasteiger partial charge in [0.05, 0.1) is 11.5 Å². The Kier molecular flexibility index (Phi) is 5.37. The molecule has 0 atom stereocenters. The fourth-order valence-corrected chi connectivity index (χ4v) is 2.25. The highest BCUT2D eigenvalue weighted by Crippen LogP contribution is 1.99. The molecule has 0 fully saturated rings. The summed E-state index contributed by atoms with van der Waals surface area (Å²) in [4.78, 5) is 20.9. The quantitative estimate of drug-likeness (QED) is 0.635. The maximum absolute atomic E-state index is 11.2. The molecular formula is C8H15NO4S. The summed E-state index contributed by atoms with van der Waals surface area (Å²) in [5.41, 5.74) is 4.86. The molecular weight excluding hydrogens is 206 g/mol. The molecule has 6 heteroatoms. The lowest BCUT2D eigenvalue weighted by Crippen LogP contribution is -2.16. The van der Waals surface area contributed by atoms with E-state index >= 15 is 0 Å². The summed E-state index contributed by atoms with van der Waals surface area (Å²) < 4.78 is 22.4. The molecule has 0 aliphatic heterocycles. The van der Waals surface area contributed by atoms with E-state index in [0.717, 1.165) is 0 Å². The molecule has 0 bridgehead atoms. The highest BCUT2D eigenvalue weighted by Gasteiger charge is 2.11. The van der Waals surface area contributed by atoms with Crippen molar-refractivity contribution in [3.8, 4) is 0 Å². The van der Waals surface area contributed by atoms with E-state index in [1.54, 1.807) is 0 Å². The van der Waals surface area contributed by atoms with Gasteiger partial charge in [-0.1, -0.05) is 0 Å². The number of primary amides is 1. The normalized spacial score (nSPS) is 11.2. The summed E-state index contributed by atoms with van der Waals surface area (Å²) in [7, 11) is -3.20. The number of hydrogen-bond acceptors (Lipinski definition) is 4. The van der Waals surface area contributed by atoms with Gasteiger partial charge in [0.25, 0.3) is 0 Å². The fourth-order valence-electron chi connectivity index (χ4n) is 0.868. The van der Waals surface area contributed by atoms with Crippen LogP contribution in [0.3, 0.4) is 0 Å². The van der Waals surface area contributed by atoms with Crippen LogP contribution in [0.1, 0.15) is 26.2 Å². The number of nitrogens with two attached hydrogens (primary N) is 1. The maximum Gasteiger partial charge on any atom is 0.217 e. The van der Waals surface area contributed by atoms with Gasteiger partial charge in [-0.05, 0) is 13.3 Å². The second-order valence-electron chi connectivity index (χ2n) is 3.17. The maximum atomic E-state index is 11.2. The first-order valence-corrected chi connectivity index (χ1v) is 6.14. The minimum absolute atomic E-state index is 0.0406. The zero-order valence-electron chi connectivity index (χ0n) is 8.15. The van der Waals surface area contributed by atoms with E-state index < -0.39 is 15.7 Å². The van der Waals surface area contributed by atoms with E-state index in [1.165, 1.54) is 6.92 Å². The Labute approximate surface area is 83.6 Å². The number of rotatable bonds is 7. The van der Waals surface area contributed by atoms with Gasteiger partial charge < -0.3 is 5.73 Å². The average molecular weight is 221 g/mol. The van der Waals surface area contributed by atoms with E-state index in [4.69, 9.17) is 5.73 Å². The molecule has 0 rings (SSSR count). The molecule has 0 saturated heterocycles. The predicted molar refractivity (Wildman–Crippen MR) is 52.4 cm³/mol. The number of Topliss-reactive ketones (excluding diaryl/α,β-unsaturated/α-hetero) is 1. The molecule has 0 unspecified atom stereocenters. The molecule has 0 spiro atoms. The van der Waals surface area contributed by atoms with Gasteiger partial charge in [0, 0.05) is 12.8 Å². The third-order valence-electron chi connectivity index (χ3n) is 1.64. The monoisotopic (exact) mass is 221 g/mol. The van der Waals surface area contributed by atoms with Crippen LogP contribution in [-0.2, 0) is 19.4 Å². The van der Waals surface area contributed by atoms with Crippen LogP contribution < -0.4 is 5.73 Å².